The Morgan fingerprint density at radius 3 is 3.08 bits per heavy atom. The van der Waals surface area contributed by atoms with E-state index >= 15 is 0 Å². The van der Waals surface area contributed by atoms with Gasteiger partial charge in [0.25, 0.3) is 0 Å². The molecule has 1 heterocycles. The Labute approximate surface area is 81.4 Å². The molecule has 1 atom stereocenters. The maximum absolute atomic E-state index is 10.4. The normalized spacial score (nSPS) is 12.7. The van der Waals surface area contributed by atoms with Crippen molar-refractivity contribution in [3.05, 3.63) is 22.4 Å². The van der Waals surface area contributed by atoms with E-state index in [1.54, 1.807) is 18.3 Å². The van der Waals surface area contributed by atoms with Crippen LogP contribution in [0.2, 0.25) is 0 Å². The number of rotatable bonds is 5. The Balaban J connectivity index is 2.18. The molecule has 0 aliphatic rings. The van der Waals surface area contributed by atoms with Gasteiger partial charge in [0.1, 0.15) is 6.04 Å². The molecule has 0 aliphatic carbocycles. The standard InChI is InChI=1S/C9H13NO2S/c1-7(9(11)12)10-4-2-8-3-5-13-6-8/h3,5-7,10H,2,4H2,1H3,(H,11,12)/t7-/m0/s1. The van der Waals surface area contributed by atoms with Crippen LogP contribution in [-0.2, 0) is 11.2 Å². The highest BCUT2D eigenvalue weighted by Gasteiger charge is 2.08. The van der Waals surface area contributed by atoms with Gasteiger partial charge in [-0.15, -0.1) is 0 Å². The third-order valence-electron chi connectivity index (χ3n) is 1.81. The van der Waals surface area contributed by atoms with Crippen LogP contribution in [0, 0.1) is 0 Å². The fourth-order valence-electron chi connectivity index (χ4n) is 0.955. The molecule has 2 N–H and O–H groups in total. The number of hydrogen-bond acceptors (Lipinski definition) is 3. The lowest BCUT2D eigenvalue weighted by molar-refractivity contribution is -0.138. The summed E-state index contributed by atoms with van der Waals surface area (Å²) in [7, 11) is 0. The van der Waals surface area contributed by atoms with Gasteiger partial charge in [-0.1, -0.05) is 0 Å². The van der Waals surface area contributed by atoms with E-state index in [0.29, 0.717) is 6.54 Å². The monoisotopic (exact) mass is 199 g/mol. The van der Waals surface area contributed by atoms with Crippen LogP contribution >= 0.6 is 11.3 Å². The molecule has 0 fully saturated rings. The SMILES string of the molecule is C[C@H](NCCc1ccsc1)C(=O)O. The molecule has 0 amide bonds. The fourth-order valence-corrected chi connectivity index (χ4v) is 1.66. The van der Waals surface area contributed by atoms with E-state index in [1.807, 2.05) is 5.38 Å². The molecule has 72 valence electrons. The molecule has 0 unspecified atom stereocenters. The summed E-state index contributed by atoms with van der Waals surface area (Å²) in [5.41, 5.74) is 1.26. The second kappa shape index (κ2) is 4.99. The van der Waals surface area contributed by atoms with E-state index in [-0.39, 0.29) is 0 Å². The van der Waals surface area contributed by atoms with Crippen molar-refractivity contribution in [3.8, 4) is 0 Å². The van der Waals surface area contributed by atoms with E-state index in [1.165, 1.54) is 5.56 Å². The van der Waals surface area contributed by atoms with Crippen LogP contribution in [0.3, 0.4) is 0 Å². The second-order valence-corrected chi connectivity index (χ2v) is 3.68. The van der Waals surface area contributed by atoms with E-state index in [9.17, 15) is 4.79 Å². The fraction of sp³-hybridized carbons (Fsp3) is 0.444. The van der Waals surface area contributed by atoms with Crippen molar-refractivity contribution in [2.24, 2.45) is 0 Å². The zero-order valence-electron chi connectivity index (χ0n) is 7.49. The Morgan fingerprint density at radius 1 is 1.77 bits per heavy atom. The summed E-state index contributed by atoms with van der Waals surface area (Å²) in [5.74, 6) is -0.801. The third-order valence-corrected chi connectivity index (χ3v) is 2.55. The molecular weight excluding hydrogens is 186 g/mol. The molecule has 0 bridgehead atoms. The van der Waals surface area contributed by atoms with Crippen molar-refractivity contribution in [1.82, 2.24) is 5.32 Å². The Morgan fingerprint density at radius 2 is 2.54 bits per heavy atom. The van der Waals surface area contributed by atoms with Gasteiger partial charge < -0.3 is 10.4 Å². The van der Waals surface area contributed by atoms with Gasteiger partial charge in [-0.2, -0.15) is 11.3 Å². The largest absolute Gasteiger partial charge is 0.480 e. The number of hydrogen-bond donors (Lipinski definition) is 2. The van der Waals surface area contributed by atoms with Gasteiger partial charge in [-0.3, -0.25) is 4.79 Å². The zero-order chi connectivity index (χ0) is 9.68. The summed E-state index contributed by atoms with van der Waals surface area (Å²) in [6, 6.07) is 1.59. The number of carboxylic acid groups (broad SMARTS) is 1. The number of carboxylic acids is 1. The zero-order valence-corrected chi connectivity index (χ0v) is 8.30. The third kappa shape index (κ3) is 3.57. The lowest BCUT2D eigenvalue weighted by atomic mass is 10.2. The minimum Gasteiger partial charge on any atom is -0.480 e. The summed E-state index contributed by atoms with van der Waals surface area (Å²) < 4.78 is 0. The van der Waals surface area contributed by atoms with E-state index < -0.39 is 12.0 Å². The minimum absolute atomic E-state index is 0.460. The van der Waals surface area contributed by atoms with Gasteiger partial charge in [0, 0.05) is 0 Å². The Kier molecular flexibility index (Phi) is 3.92. The lowest BCUT2D eigenvalue weighted by Crippen LogP contribution is -2.34. The van der Waals surface area contributed by atoms with Crippen LogP contribution < -0.4 is 5.32 Å². The highest BCUT2D eigenvalue weighted by atomic mass is 32.1. The molecule has 1 aromatic heterocycles. The van der Waals surface area contributed by atoms with Crippen LogP contribution in [0.5, 0.6) is 0 Å². The average Bonchev–Trinajstić information content (AvgIpc) is 2.56. The molecule has 0 aliphatic heterocycles. The molecule has 0 saturated heterocycles. The lowest BCUT2D eigenvalue weighted by Gasteiger charge is -2.07. The first-order valence-electron chi connectivity index (χ1n) is 4.17. The van der Waals surface area contributed by atoms with Crippen LogP contribution in [0.4, 0.5) is 0 Å². The first kappa shape index (κ1) is 10.2. The smallest absolute Gasteiger partial charge is 0.320 e. The number of aliphatic carboxylic acids is 1. The second-order valence-electron chi connectivity index (χ2n) is 2.90. The Bertz CT molecular complexity index is 259. The molecule has 13 heavy (non-hydrogen) atoms. The average molecular weight is 199 g/mol. The highest BCUT2D eigenvalue weighted by Crippen LogP contribution is 2.05. The van der Waals surface area contributed by atoms with Gasteiger partial charge in [-0.25, -0.2) is 0 Å². The number of carbonyl (C=O) groups is 1. The molecule has 0 aromatic carbocycles. The number of nitrogens with one attached hydrogen (secondary N) is 1. The molecule has 0 saturated carbocycles. The maximum Gasteiger partial charge on any atom is 0.320 e. The summed E-state index contributed by atoms with van der Waals surface area (Å²) in [6.07, 6.45) is 0.890. The van der Waals surface area contributed by atoms with Crippen molar-refractivity contribution in [2.75, 3.05) is 6.54 Å². The van der Waals surface area contributed by atoms with Gasteiger partial charge >= 0.3 is 5.97 Å². The van der Waals surface area contributed by atoms with Crippen molar-refractivity contribution in [2.45, 2.75) is 19.4 Å². The quantitative estimate of drug-likeness (QED) is 0.752. The van der Waals surface area contributed by atoms with Crippen molar-refractivity contribution in [1.29, 1.82) is 0 Å². The number of thiophene rings is 1. The maximum atomic E-state index is 10.4. The molecule has 0 radical (unpaired) electrons. The van der Waals surface area contributed by atoms with Gasteiger partial charge in [0.05, 0.1) is 0 Å². The predicted molar refractivity (Wildman–Crippen MR) is 53.1 cm³/mol. The van der Waals surface area contributed by atoms with Crippen LogP contribution in [0.25, 0.3) is 0 Å². The molecule has 1 aromatic rings. The summed E-state index contributed by atoms with van der Waals surface area (Å²) in [4.78, 5) is 10.4. The van der Waals surface area contributed by atoms with Crippen molar-refractivity contribution < 1.29 is 9.90 Å². The molecular formula is C9H13NO2S. The highest BCUT2D eigenvalue weighted by molar-refractivity contribution is 7.07. The van der Waals surface area contributed by atoms with Crippen LogP contribution in [0.1, 0.15) is 12.5 Å². The molecule has 1 rings (SSSR count). The van der Waals surface area contributed by atoms with E-state index in [2.05, 4.69) is 16.8 Å². The van der Waals surface area contributed by atoms with Crippen LogP contribution in [-0.4, -0.2) is 23.7 Å². The van der Waals surface area contributed by atoms with Gasteiger partial charge in [0.2, 0.25) is 0 Å². The summed E-state index contributed by atoms with van der Waals surface area (Å²) in [5, 5.41) is 15.6. The molecule has 0 spiro atoms. The van der Waals surface area contributed by atoms with E-state index in [4.69, 9.17) is 5.11 Å². The predicted octanol–water partition coefficient (Wildman–Crippen LogP) is 1.35. The minimum atomic E-state index is -0.801. The van der Waals surface area contributed by atoms with Gasteiger partial charge in [-0.05, 0) is 42.3 Å². The first-order valence-corrected chi connectivity index (χ1v) is 5.11. The molecule has 4 heteroatoms. The van der Waals surface area contributed by atoms with Crippen LogP contribution in [0.15, 0.2) is 16.8 Å². The van der Waals surface area contributed by atoms with E-state index in [0.717, 1.165) is 6.42 Å². The Hall–Kier alpha value is -0.870. The summed E-state index contributed by atoms with van der Waals surface area (Å²) in [6.45, 7) is 2.36. The first-order chi connectivity index (χ1) is 6.20. The van der Waals surface area contributed by atoms with Gasteiger partial charge in [0.15, 0.2) is 0 Å². The summed E-state index contributed by atoms with van der Waals surface area (Å²) >= 11 is 1.66. The van der Waals surface area contributed by atoms with Crippen molar-refractivity contribution >= 4 is 17.3 Å². The topological polar surface area (TPSA) is 49.3 Å². The molecule has 3 nitrogen and oxygen atoms in total. The van der Waals surface area contributed by atoms with Crippen molar-refractivity contribution in [3.63, 3.8) is 0 Å².